The van der Waals surface area contributed by atoms with Gasteiger partial charge in [-0.3, -0.25) is 0 Å². The average molecular weight is 308 g/mol. The van der Waals surface area contributed by atoms with Crippen molar-refractivity contribution in [2.75, 3.05) is 20.1 Å². The van der Waals surface area contributed by atoms with E-state index >= 15 is 0 Å². The van der Waals surface area contributed by atoms with Crippen LogP contribution in [0, 0.1) is 0 Å². The van der Waals surface area contributed by atoms with Gasteiger partial charge in [0.05, 0.1) is 17.2 Å². The van der Waals surface area contributed by atoms with Gasteiger partial charge in [-0.15, -0.1) is 17.9 Å². The molecule has 0 saturated carbocycles. The van der Waals surface area contributed by atoms with Crippen LogP contribution >= 0.6 is 11.3 Å². The molecule has 0 aromatic carbocycles. The van der Waals surface area contributed by atoms with Gasteiger partial charge in [0.1, 0.15) is 0 Å². The van der Waals surface area contributed by atoms with Gasteiger partial charge in [0, 0.05) is 31.4 Å². The van der Waals surface area contributed by atoms with Gasteiger partial charge in [0.25, 0.3) is 0 Å². The first-order chi connectivity index (χ1) is 10.1. The smallest absolute Gasteiger partial charge is 0.194 e. The lowest BCUT2D eigenvalue weighted by molar-refractivity contribution is 0.470. The van der Waals surface area contributed by atoms with Gasteiger partial charge < -0.3 is 10.2 Å². The highest BCUT2D eigenvalue weighted by Gasteiger charge is 2.07. The molecular weight excluding hydrogens is 280 g/mol. The molecule has 4 nitrogen and oxygen atoms in total. The molecule has 0 fully saturated rings. The summed E-state index contributed by atoms with van der Waals surface area (Å²) < 4.78 is 0. The van der Waals surface area contributed by atoms with Crippen molar-refractivity contribution >= 4 is 17.3 Å². The second-order valence-electron chi connectivity index (χ2n) is 5.35. The first-order valence-electron chi connectivity index (χ1n) is 7.63. The summed E-state index contributed by atoms with van der Waals surface area (Å²) in [5.41, 5.74) is 1.05. The molecule has 0 spiro atoms. The van der Waals surface area contributed by atoms with Gasteiger partial charge in [-0.1, -0.05) is 19.9 Å². The van der Waals surface area contributed by atoms with Gasteiger partial charge in [0.15, 0.2) is 5.96 Å². The number of nitrogens with one attached hydrogen (secondary N) is 1. The molecule has 1 aromatic rings. The Kier molecular flexibility index (Phi) is 8.05. The minimum Gasteiger partial charge on any atom is -0.357 e. The molecule has 0 atom stereocenters. The Morgan fingerprint density at radius 3 is 2.90 bits per heavy atom. The largest absolute Gasteiger partial charge is 0.357 e. The second-order valence-corrected chi connectivity index (χ2v) is 6.24. The van der Waals surface area contributed by atoms with Crippen molar-refractivity contribution in [2.24, 2.45) is 4.99 Å². The summed E-state index contributed by atoms with van der Waals surface area (Å²) in [5, 5.41) is 6.63. The van der Waals surface area contributed by atoms with E-state index in [1.165, 1.54) is 5.01 Å². The number of rotatable bonds is 8. The van der Waals surface area contributed by atoms with Crippen LogP contribution in [-0.2, 0) is 6.54 Å². The Bertz CT molecular complexity index is 451. The van der Waals surface area contributed by atoms with Gasteiger partial charge in [-0.25, -0.2) is 9.98 Å². The zero-order valence-electron chi connectivity index (χ0n) is 13.7. The molecule has 0 unspecified atom stereocenters. The molecule has 0 aliphatic heterocycles. The minimum atomic E-state index is 0.488. The summed E-state index contributed by atoms with van der Waals surface area (Å²) in [6.45, 7) is 12.7. The topological polar surface area (TPSA) is 40.5 Å². The summed E-state index contributed by atoms with van der Waals surface area (Å²) in [4.78, 5) is 11.5. The lowest BCUT2D eigenvalue weighted by Crippen LogP contribution is -2.39. The summed E-state index contributed by atoms with van der Waals surface area (Å²) >= 11 is 1.72. The lowest BCUT2D eigenvalue weighted by Gasteiger charge is -2.21. The number of thiazole rings is 1. The molecule has 1 rings (SSSR count). The fourth-order valence-corrected chi connectivity index (χ4v) is 2.69. The molecule has 21 heavy (non-hydrogen) atoms. The maximum absolute atomic E-state index is 4.68. The molecular formula is C16H28N4S. The number of guanidine groups is 1. The Morgan fingerprint density at radius 2 is 2.33 bits per heavy atom. The number of unbranched alkanes of at least 4 members (excludes halogenated alkanes) is 1. The SMILES string of the molecule is C=CCCCN(C)C(=NCc1csc(C(C)C)n1)NCC. The molecule has 118 valence electrons. The highest BCUT2D eigenvalue weighted by atomic mass is 32.1. The Hall–Kier alpha value is -1.36. The van der Waals surface area contributed by atoms with E-state index in [-0.39, 0.29) is 0 Å². The van der Waals surface area contributed by atoms with E-state index in [2.05, 4.69) is 60.0 Å². The van der Waals surface area contributed by atoms with Gasteiger partial charge in [0.2, 0.25) is 0 Å². The third-order valence-corrected chi connectivity index (χ3v) is 4.25. The van der Waals surface area contributed by atoms with E-state index in [0.29, 0.717) is 12.5 Å². The predicted molar refractivity (Wildman–Crippen MR) is 93.1 cm³/mol. The molecule has 0 amide bonds. The minimum absolute atomic E-state index is 0.488. The van der Waals surface area contributed by atoms with Crippen molar-refractivity contribution < 1.29 is 0 Å². The van der Waals surface area contributed by atoms with Crippen molar-refractivity contribution in [3.05, 3.63) is 28.7 Å². The van der Waals surface area contributed by atoms with Crippen molar-refractivity contribution in [3.8, 4) is 0 Å². The zero-order chi connectivity index (χ0) is 15.7. The van der Waals surface area contributed by atoms with E-state index in [0.717, 1.165) is 37.6 Å². The third kappa shape index (κ3) is 6.29. The highest BCUT2D eigenvalue weighted by molar-refractivity contribution is 7.09. The van der Waals surface area contributed by atoms with Crippen LogP contribution < -0.4 is 5.32 Å². The molecule has 0 radical (unpaired) electrons. The van der Waals surface area contributed by atoms with E-state index in [4.69, 9.17) is 0 Å². The van der Waals surface area contributed by atoms with E-state index in [9.17, 15) is 0 Å². The normalized spacial score (nSPS) is 11.8. The molecule has 0 aliphatic carbocycles. The van der Waals surface area contributed by atoms with Crippen molar-refractivity contribution in [1.29, 1.82) is 0 Å². The van der Waals surface area contributed by atoms with Crippen molar-refractivity contribution in [3.63, 3.8) is 0 Å². The molecule has 1 N–H and O–H groups in total. The third-order valence-electron chi connectivity index (χ3n) is 3.05. The molecule has 5 heteroatoms. The lowest BCUT2D eigenvalue weighted by atomic mass is 10.2. The first-order valence-corrected chi connectivity index (χ1v) is 8.51. The summed E-state index contributed by atoms with van der Waals surface area (Å²) in [7, 11) is 2.07. The van der Waals surface area contributed by atoms with Crippen LogP contribution in [0.25, 0.3) is 0 Å². The number of nitrogens with zero attached hydrogens (tertiary/aromatic N) is 3. The standard InChI is InChI=1S/C16H28N4S/c1-6-8-9-10-20(5)16(17-7-2)18-11-14-12-21-15(19-14)13(3)4/h6,12-13H,1,7-11H2,2-5H3,(H,17,18). The average Bonchev–Trinajstić information content (AvgIpc) is 2.92. The Balaban J connectivity index is 2.62. The van der Waals surface area contributed by atoms with Crippen LogP contribution in [0.2, 0.25) is 0 Å². The maximum atomic E-state index is 4.68. The second kappa shape index (κ2) is 9.55. The summed E-state index contributed by atoms with van der Waals surface area (Å²) in [6, 6.07) is 0. The number of aliphatic imine (C=N–C) groups is 1. The molecule has 1 aromatic heterocycles. The Labute approximate surface area is 133 Å². The number of aromatic nitrogens is 1. The predicted octanol–water partition coefficient (Wildman–Crippen LogP) is 3.63. The quantitative estimate of drug-likeness (QED) is 0.345. The molecule has 0 saturated heterocycles. The fraction of sp³-hybridized carbons (Fsp3) is 0.625. The van der Waals surface area contributed by atoms with Crippen molar-refractivity contribution in [2.45, 2.75) is 46.1 Å². The molecule has 0 aliphatic rings. The number of hydrogen-bond acceptors (Lipinski definition) is 3. The van der Waals surface area contributed by atoms with Gasteiger partial charge >= 0.3 is 0 Å². The number of allylic oxidation sites excluding steroid dienone is 1. The summed E-state index contributed by atoms with van der Waals surface area (Å²) in [6.07, 6.45) is 4.09. The van der Waals surface area contributed by atoms with Gasteiger partial charge in [-0.05, 0) is 19.8 Å². The Morgan fingerprint density at radius 1 is 1.57 bits per heavy atom. The zero-order valence-corrected chi connectivity index (χ0v) is 14.5. The van der Waals surface area contributed by atoms with Gasteiger partial charge in [-0.2, -0.15) is 0 Å². The van der Waals surface area contributed by atoms with E-state index < -0.39 is 0 Å². The van der Waals surface area contributed by atoms with E-state index in [1.807, 2.05) is 6.08 Å². The highest BCUT2D eigenvalue weighted by Crippen LogP contribution is 2.19. The van der Waals surface area contributed by atoms with E-state index in [1.54, 1.807) is 11.3 Å². The van der Waals surface area contributed by atoms with Crippen LogP contribution in [0.15, 0.2) is 23.0 Å². The maximum Gasteiger partial charge on any atom is 0.194 e. The van der Waals surface area contributed by atoms with Crippen LogP contribution in [-0.4, -0.2) is 36.0 Å². The van der Waals surface area contributed by atoms with Crippen LogP contribution in [0.1, 0.15) is 50.2 Å². The van der Waals surface area contributed by atoms with Crippen LogP contribution in [0.5, 0.6) is 0 Å². The first kappa shape index (κ1) is 17.7. The summed E-state index contributed by atoms with van der Waals surface area (Å²) in [5.74, 6) is 1.43. The fourth-order valence-electron chi connectivity index (χ4n) is 1.86. The molecule has 1 heterocycles. The van der Waals surface area contributed by atoms with Crippen molar-refractivity contribution in [1.82, 2.24) is 15.2 Å². The monoisotopic (exact) mass is 308 g/mol. The molecule has 0 bridgehead atoms. The van der Waals surface area contributed by atoms with Crippen LogP contribution in [0.4, 0.5) is 0 Å². The number of hydrogen-bond donors (Lipinski definition) is 1. The van der Waals surface area contributed by atoms with Crippen LogP contribution in [0.3, 0.4) is 0 Å².